The lowest BCUT2D eigenvalue weighted by Crippen LogP contribution is -2.30. The molecule has 4 nitrogen and oxygen atoms in total. The minimum absolute atomic E-state index is 0.167. The van der Waals surface area contributed by atoms with E-state index in [2.05, 4.69) is 9.97 Å². The van der Waals surface area contributed by atoms with Crippen LogP contribution >= 0.6 is 0 Å². The van der Waals surface area contributed by atoms with Crippen molar-refractivity contribution in [2.24, 2.45) is 0 Å². The zero-order valence-electron chi connectivity index (χ0n) is 8.21. The fraction of sp³-hybridized carbons (Fsp3) is 0. The SMILES string of the molecule is OB(O)c1cnc(-c2ccccc2F)nc1. The van der Waals surface area contributed by atoms with Crippen molar-refractivity contribution < 1.29 is 14.4 Å². The van der Waals surface area contributed by atoms with Crippen LogP contribution in [0.2, 0.25) is 0 Å². The van der Waals surface area contributed by atoms with E-state index in [0.29, 0.717) is 0 Å². The second-order valence-electron chi connectivity index (χ2n) is 3.19. The molecule has 0 spiro atoms. The van der Waals surface area contributed by atoms with Crippen molar-refractivity contribution in [3.05, 3.63) is 42.5 Å². The number of benzene rings is 1. The molecule has 0 atom stereocenters. The van der Waals surface area contributed by atoms with Crippen molar-refractivity contribution in [2.75, 3.05) is 0 Å². The van der Waals surface area contributed by atoms with Gasteiger partial charge in [-0.3, -0.25) is 0 Å². The summed E-state index contributed by atoms with van der Waals surface area (Å²) in [5.41, 5.74) is 0.446. The van der Waals surface area contributed by atoms with Crippen LogP contribution in [0, 0.1) is 5.82 Å². The average Bonchev–Trinajstić information content (AvgIpc) is 2.30. The molecule has 0 unspecified atom stereocenters. The van der Waals surface area contributed by atoms with Gasteiger partial charge in [-0.15, -0.1) is 0 Å². The molecule has 0 aliphatic heterocycles. The Bertz CT molecular complexity index is 490. The van der Waals surface area contributed by atoms with E-state index < -0.39 is 12.9 Å². The molecule has 0 saturated heterocycles. The predicted octanol–water partition coefficient (Wildman–Crippen LogP) is -0.0375. The highest BCUT2D eigenvalue weighted by Gasteiger charge is 2.13. The third kappa shape index (κ3) is 2.07. The molecule has 16 heavy (non-hydrogen) atoms. The van der Waals surface area contributed by atoms with E-state index in [-0.39, 0.29) is 16.9 Å². The van der Waals surface area contributed by atoms with Crippen molar-refractivity contribution in [3.63, 3.8) is 0 Å². The van der Waals surface area contributed by atoms with Gasteiger partial charge in [0.2, 0.25) is 0 Å². The first kappa shape index (κ1) is 10.7. The van der Waals surface area contributed by atoms with Gasteiger partial charge in [0.15, 0.2) is 5.82 Å². The van der Waals surface area contributed by atoms with Crippen LogP contribution in [0.4, 0.5) is 4.39 Å². The van der Waals surface area contributed by atoms with Gasteiger partial charge in [0.1, 0.15) is 5.82 Å². The third-order valence-corrected chi connectivity index (χ3v) is 2.08. The Balaban J connectivity index is 2.39. The molecule has 0 aliphatic rings. The van der Waals surface area contributed by atoms with Gasteiger partial charge in [0, 0.05) is 17.9 Å². The summed E-state index contributed by atoms with van der Waals surface area (Å²) < 4.78 is 13.4. The molecule has 0 bridgehead atoms. The monoisotopic (exact) mass is 218 g/mol. The van der Waals surface area contributed by atoms with Crippen LogP contribution in [-0.4, -0.2) is 27.1 Å². The van der Waals surface area contributed by atoms with E-state index in [0.717, 1.165) is 0 Å². The van der Waals surface area contributed by atoms with Crippen LogP contribution in [0.5, 0.6) is 0 Å². The van der Waals surface area contributed by atoms with Crippen molar-refractivity contribution >= 4 is 12.6 Å². The van der Waals surface area contributed by atoms with Gasteiger partial charge in [-0.1, -0.05) is 12.1 Å². The first-order valence-corrected chi connectivity index (χ1v) is 4.61. The van der Waals surface area contributed by atoms with E-state index in [1.54, 1.807) is 18.2 Å². The summed E-state index contributed by atoms with van der Waals surface area (Å²) in [5, 5.41) is 17.7. The topological polar surface area (TPSA) is 66.2 Å². The number of hydrogen-bond donors (Lipinski definition) is 2. The fourth-order valence-electron chi connectivity index (χ4n) is 1.25. The maximum atomic E-state index is 13.4. The first-order valence-electron chi connectivity index (χ1n) is 4.61. The molecule has 0 saturated carbocycles. The minimum atomic E-state index is -1.62. The predicted molar refractivity (Wildman–Crippen MR) is 57.3 cm³/mol. The molecular formula is C10H8BFN2O2. The standard InChI is InChI=1S/C10H8BFN2O2/c12-9-4-2-1-3-8(9)10-13-5-7(6-14-10)11(15)16/h1-6,15-16H. The van der Waals surface area contributed by atoms with Crippen molar-refractivity contribution in [3.8, 4) is 11.4 Å². The van der Waals surface area contributed by atoms with Crippen molar-refractivity contribution in [1.29, 1.82) is 0 Å². The first-order chi connectivity index (χ1) is 7.68. The molecule has 2 aromatic rings. The zero-order valence-corrected chi connectivity index (χ0v) is 8.21. The number of hydrogen-bond acceptors (Lipinski definition) is 4. The van der Waals surface area contributed by atoms with Crippen LogP contribution in [0.1, 0.15) is 0 Å². The molecule has 0 radical (unpaired) electrons. The molecule has 0 aliphatic carbocycles. The van der Waals surface area contributed by atoms with Gasteiger partial charge in [-0.25, -0.2) is 14.4 Å². The maximum Gasteiger partial charge on any atom is 0.491 e. The lowest BCUT2D eigenvalue weighted by Gasteiger charge is -2.02. The summed E-state index contributed by atoms with van der Waals surface area (Å²) in [6.07, 6.45) is 2.50. The minimum Gasteiger partial charge on any atom is -0.423 e. The number of rotatable bonds is 2. The van der Waals surface area contributed by atoms with E-state index in [4.69, 9.17) is 10.0 Å². The van der Waals surface area contributed by atoms with Crippen LogP contribution < -0.4 is 5.46 Å². The molecule has 2 N–H and O–H groups in total. The summed E-state index contributed by atoms with van der Waals surface area (Å²) in [7, 11) is -1.62. The summed E-state index contributed by atoms with van der Waals surface area (Å²) in [5.74, 6) is -0.206. The Kier molecular flexibility index (Phi) is 2.94. The van der Waals surface area contributed by atoms with Crippen LogP contribution in [0.3, 0.4) is 0 Å². The molecule has 80 valence electrons. The summed E-state index contributed by atoms with van der Waals surface area (Å²) in [4.78, 5) is 7.72. The lowest BCUT2D eigenvalue weighted by atomic mass is 9.83. The van der Waals surface area contributed by atoms with Gasteiger partial charge < -0.3 is 10.0 Å². The molecule has 1 aromatic carbocycles. The van der Waals surface area contributed by atoms with Crippen molar-refractivity contribution in [1.82, 2.24) is 9.97 Å². The zero-order chi connectivity index (χ0) is 11.5. The number of aromatic nitrogens is 2. The quantitative estimate of drug-likeness (QED) is 0.694. The van der Waals surface area contributed by atoms with Gasteiger partial charge in [0.05, 0.1) is 5.56 Å². The van der Waals surface area contributed by atoms with E-state index in [1.807, 2.05) is 0 Å². The smallest absolute Gasteiger partial charge is 0.423 e. The number of nitrogens with zero attached hydrogens (tertiary/aromatic N) is 2. The summed E-state index contributed by atoms with van der Waals surface area (Å²) in [6.45, 7) is 0. The van der Waals surface area contributed by atoms with E-state index in [1.165, 1.54) is 18.5 Å². The van der Waals surface area contributed by atoms with Crippen molar-refractivity contribution in [2.45, 2.75) is 0 Å². The Morgan fingerprint density at radius 1 is 1.06 bits per heavy atom. The fourth-order valence-corrected chi connectivity index (χ4v) is 1.25. The maximum absolute atomic E-state index is 13.4. The second kappa shape index (κ2) is 4.38. The Hall–Kier alpha value is -1.79. The van der Waals surface area contributed by atoms with E-state index >= 15 is 0 Å². The molecule has 6 heteroatoms. The van der Waals surface area contributed by atoms with Gasteiger partial charge >= 0.3 is 7.12 Å². The molecule has 1 aromatic heterocycles. The molecule has 2 rings (SSSR count). The van der Waals surface area contributed by atoms with Crippen LogP contribution in [0.15, 0.2) is 36.7 Å². The molecular weight excluding hydrogens is 210 g/mol. The summed E-state index contributed by atoms with van der Waals surface area (Å²) in [6, 6.07) is 6.12. The highest BCUT2D eigenvalue weighted by molar-refractivity contribution is 6.58. The Labute approximate surface area is 91.6 Å². The van der Waals surface area contributed by atoms with E-state index in [9.17, 15) is 4.39 Å². The van der Waals surface area contributed by atoms with Gasteiger partial charge in [-0.2, -0.15) is 0 Å². The summed E-state index contributed by atoms with van der Waals surface area (Å²) >= 11 is 0. The normalized spacial score (nSPS) is 10.2. The second-order valence-corrected chi connectivity index (χ2v) is 3.19. The highest BCUT2D eigenvalue weighted by atomic mass is 19.1. The number of halogens is 1. The Morgan fingerprint density at radius 2 is 1.69 bits per heavy atom. The molecule has 1 heterocycles. The third-order valence-electron chi connectivity index (χ3n) is 2.08. The van der Waals surface area contributed by atoms with Crippen LogP contribution in [-0.2, 0) is 0 Å². The lowest BCUT2D eigenvalue weighted by molar-refractivity contribution is 0.425. The van der Waals surface area contributed by atoms with Crippen LogP contribution in [0.25, 0.3) is 11.4 Å². The Morgan fingerprint density at radius 3 is 2.25 bits per heavy atom. The molecule has 0 fully saturated rings. The van der Waals surface area contributed by atoms with Gasteiger partial charge in [-0.05, 0) is 12.1 Å². The van der Waals surface area contributed by atoms with Gasteiger partial charge in [0.25, 0.3) is 0 Å². The average molecular weight is 218 g/mol. The largest absolute Gasteiger partial charge is 0.491 e. The highest BCUT2D eigenvalue weighted by Crippen LogP contribution is 2.16. The molecule has 0 amide bonds.